The highest BCUT2D eigenvalue weighted by Gasteiger charge is 2.43. The lowest BCUT2D eigenvalue weighted by Crippen LogP contribution is -2.47. The number of rotatable bonds is 6. The van der Waals surface area contributed by atoms with Crippen LogP contribution < -0.4 is 0 Å². The Morgan fingerprint density at radius 2 is 1.39 bits per heavy atom. The number of ether oxygens (including phenoxy) is 1. The number of halogens is 3. The fourth-order valence-electron chi connectivity index (χ4n) is 3.70. The number of benzene rings is 3. The van der Waals surface area contributed by atoms with E-state index >= 15 is 0 Å². The van der Waals surface area contributed by atoms with Gasteiger partial charge in [-0.25, -0.2) is 4.79 Å². The smallest absolute Gasteiger partial charge is 0.416 e. The molecule has 0 fully saturated rings. The number of amides is 2. The third-order valence-corrected chi connectivity index (χ3v) is 5.32. The van der Waals surface area contributed by atoms with Gasteiger partial charge in [0.05, 0.1) is 16.7 Å². The highest BCUT2D eigenvalue weighted by Crippen LogP contribution is 2.30. The molecule has 0 aliphatic carbocycles. The van der Waals surface area contributed by atoms with Crippen LogP contribution in [0.3, 0.4) is 0 Å². The molecule has 1 aliphatic heterocycles. The Morgan fingerprint density at radius 1 is 0.818 bits per heavy atom. The Balaban J connectivity index is 1.59. The van der Waals surface area contributed by atoms with Gasteiger partial charge in [-0.05, 0) is 35.4 Å². The van der Waals surface area contributed by atoms with Crippen molar-refractivity contribution in [3.8, 4) is 0 Å². The summed E-state index contributed by atoms with van der Waals surface area (Å²) in [5, 5.41) is 0. The second-order valence-corrected chi connectivity index (χ2v) is 7.54. The van der Waals surface area contributed by atoms with Gasteiger partial charge in [0.2, 0.25) is 0 Å². The quantitative estimate of drug-likeness (QED) is 0.403. The predicted molar refractivity (Wildman–Crippen MR) is 112 cm³/mol. The number of esters is 1. The molecule has 0 aromatic heterocycles. The molecule has 1 aliphatic rings. The first kappa shape index (κ1) is 22.3. The van der Waals surface area contributed by atoms with Gasteiger partial charge in [0, 0.05) is 6.42 Å². The van der Waals surface area contributed by atoms with E-state index in [9.17, 15) is 27.6 Å². The van der Waals surface area contributed by atoms with Crippen LogP contribution in [0, 0.1) is 0 Å². The summed E-state index contributed by atoms with van der Waals surface area (Å²) in [5.41, 5.74) is 0.337. The van der Waals surface area contributed by atoms with Gasteiger partial charge in [-0.2, -0.15) is 13.2 Å². The van der Waals surface area contributed by atoms with Crippen LogP contribution >= 0.6 is 0 Å². The van der Waals surface area contributed by atoms with Gasteiger partial charge in [-0.1, -0.05) is 54.6 Å². The standard InChI is InChI=1S/C25H18F3NO4/c26-25(27,28)18-10-6-9-17(13-18)15-33-24(32)21(14-16-7-2-1-3-8-16)29-22(30)19-11-4-5-12-20(19)23(29)31/h1-13,21H,14-15H2. The monoisotopic (exact) mass is 453 g/mol. The number of hydrogen-bond acceptors (Lipinski definition) is 4. The van der Waals surface area contributed by atoms with Crippen LogP contribution in [0.2, 0.25) is 0 Å². The van der Waals surface area contributed by atoms with Crippen molar-refractivity contribution in [3.05, 3.63) is 107 Å². The van der Waals surface area contributed by atoms with E-state index in [0.29, 0.717) is 5.56 Å². The highest BCUT2D eigenvalue weighted by molar-refractivity contribution is 6.22. The van der Waals surface area contributed by atoms with Crippen LogP contribution in [0.25, 0.3) is 0 Å². The van der Waals surface area contributed by atoms with Crippen molar-refractivity contribution >= 4 is 17.8 Å². The minimum absolute atomic E-state index is 0.00767. The van der Waals surface area contributed by atoms with Crippen molar-refractivity contribution in [2.45, 2.75) is 25.2 Å². The van der Waals surface area contributed by atoms with Crippen LogP contribution in [-0.4, -0.2) is 28.7 Å². The molecule has 1 unspecified atom stereocenters. The van der Waals surface area contributed by atoms with Crippen molar-refractivity contribution in [3.63, 3.8) is 0 Å². The molecule has 168 valence electrons. The van der Waals surface area contributed by atoms with Crippen molar-refractivity contribution in [1.82, 2.24) is 4.90 Å². The Labute approximate surface area is 187 Å². The number of imide groups is 1. The Morgan fingerprint density at radius 3 is 2.00 bits per heavy atom. The number of carbonyl (C=O) groups excluding carboxylic acids is 3. The first-order chi connectivity index (χ1) is 15.8. The van der Waals surface area contributed by atoms with Crippen molar-refractivity contribution in [2.75, 3.05) is 0 Å². The number of hydrogen-bond donors (Lipinski definition) is 0. The summed E-state index contributed by atoms with van der Waals surface area (Å²) in [7, 11) is 0. The number of fused-ring (bicyclic) bond motifs is 1. The lowest BCUT2D eigenvalue weighted by atomic mass is 10.0. The topological polar surface area (TPSA) is 63.7 Å². The molecule has 3 aromatic carbocycles. The lowest BCUT2D eigenvalue weighted by molar-refractivity contribution is -0.149. The normalized spacial score (nSPS) is 14.2. The van der Waals surface area contributed by atoms with Crippen LogP contribution in [0.5, 0.6) is 0 Å². The molecular weight excluding hydrogens is 435 g/mol. The number of alkyl halides is 3. The van der Waals surface area contributed by atoms with Crippen LogP contribution in [0.1, 0.15) is 37.4 Å². The zero-order chi connectivity index (χ0) is 23.6. The van der Waals surface area contributed by atoms with Crippen molar-refractivity contribution < 1.29 is 32.3 Å². The fraction of sp³-hybridized carbons (Fsp3) is 0.160. The molecule has 33 heavy (non-hydrogen) atoms. The molecule has 0 spiro atoms. The van der Waals surface area contributed by atoms with Gasteiger partial charge in [0.25, 0.3) is 11.8 Å². The lowest BCUT2D eigenvalue weighted by Gasteiger charge is -2.25. The maximum Gasteiger partial charge on any atom is 0.416 e. The molecule has 3 aromatic rings. The zero-order valence-corrected chi connectivity index (χ0v) is 17.2. The van der Waals surface area contributed by atoms with Crippen LogP contribution in [0.15, 0.2) is 78.9 Å². The minimum atomic E-state index is -4.53. The van der Waals surface area contributed by atoms with Gasteiger partial charge >= 0.3 is 12.1 Å². The molecule has 2 amide bonds. The van der Waals surface area contributed by atoms with Gasteiger partial charge in [-0.3, -0.25) is 14.5 Å². The van der Waals surface area contributed by atoms with Gasteiger partial charge < -0.3 is 4.74 Å². The zero-order valence-electron chi connectivity index (χ0n) is 17.2. The molecule has 1 atom stereocenters. The van der Waals surface area contributed by atoms with E-state index in [2.05, 4.69) is 0 Å². The highest BCUT2D eigenvalue weighted by atomic mass is 19.4. The molecular formula is C25H18F3NO4. The second-order valence-electron chi connectivity index (χ2n) is 7.54. The van der Waals surface area contributed by atoms with Gasteiger partial charge in [0.1, 0.15) is 12.6 Å². The largest absolute Gasteiger partial charge is 0.459 e. The minimum Gasteiger partial charge on any atom is -0.459 e. The maximum atomic E-state index is 13.0. The average molecular weight is 453 g/mol. The number of carbonyl (C=O) groups is 3. The van der Waals surface area contributed by atoms with E-state index in [1.807, 2.05) is 0 Å². The molecule has 4 rings (SSSR count). The number of nitrogens with zero attached hydrogens (tertiary/aromatic N) is 1. The second kappa shape index (κ2) is 8.90. The predicted octanol–water partition coefficient (Wildman–Crippen LogP) is 4.66. The summed E-state index contributed by atoms with van der Waals surface area (Å²) < 4.78 is 44.2. The summed E-state index contributed by atoms with van der Waals surface area (Å²) in [6.45, 7) is -0.433. The fourth-order valence-corrected chi connectivity index (χ4v) is 3.70. The van der Waals surface area contributed by atoms with E-state index < -0.39 is 42.2 Å². The SMILES string of the molecule is O=C(OCc1cccc(C(F)(F)F)c1)C(Cc1ccccc1)N1C(=O)c2ccccc2C1=O. The molecule has 0 bridgehead atoms. The van der Waals surface area contributed by atoms with Crippen LogP contribution in [0.4, 0.5) is 13.2 Å². The maximum absolute atomic E-state index is 13.0. The summed E-state index contributed by atoms with van der Waals surface area (Å²) in [6.07, 6.45) is -4.52. The average Bonchev–Trinajstić information content (AvgIpc) is 3.06. The van der Waals surface area contributed by atoms with E-state index in [-0.39, 0.29) is 23.1 Å². The van der Waals surface area contributed by atoms with E-state index in [0.717, 1.165) is 17.0 Å². The summed E-state index contributed by atoms with van der Waals surface area (Å²) >= 11 is 0. The molecule has 0 N–H and O–H groups in total. The van der Waals surface area contributed by atoms with Gasteiger partial charge in [0.15, 0.2) is 0 Å². The molecule has 5 nitrogen and oxygen atoms in total. The van der Waals surface area contributed by atoms with Crippen molar-refractivity contribution in [1.29, 1.82) is 0 Å². The van der Waals surface area contributed by atoms with E-state index in [1.54, 1.807) is 42.5 Å². The molecule has 0 radical (unpaired) electrons. The summed E-state index contributed by atoms with van der Waals surface area (Å²) in [5.74, 6) is -2.12. The Kier molecular flexibility index (Phi) is 6.00. The third kappa shape index (κ3) is 4.64. The Bertz CT molecular complexity index is 1170. The molecule has 0 saturated carbocycles. The van der Waals surface area contributed by atoms with E-state index in [1.165, 1.54) is 24.3 Å². The first-order valence-electron chi connectivity index (χ1n) is 10.1. The molecule has 0 saturated heterocycles. The van der Waals surface area contributed by atoms with E-state index in [4.69, 9.17) is 4.74 Å². The van der Waals surface area contributed by atoms with Gasteiger partial charge in [-0.15, -0.1) is 0 Å². The van der Waals surface area contributed by atoms with Crippen LogP contribution in [-0.2, 0) is 28.7 Å². The first-order valence-corrected chi connectivity index (χ1v) is 10.1. The third-order valence-electron chi connectivity index (χ3n) is 5.32. The summed E-state index contributed by atoms with van der Waals surface area (Å²) in [6, 6.07) is 18.2. The Hall–Kier alpha value is -3.94. The molecule has 8 heteroatoms. The van der Waals surface area contributed by atoms with Crippen molar-refractivity contribution in [2.24, 2.45) is 0 Å². The summed E-state index contributed by atoms with van der Waals surface area (Å²) in [4.78, 5) is 39.8. The molecule has 1 heterocycles.